The zero-order valence-corrected chi connectivity index (χ0v) is 10.0. The summed E-state index contributed by atoms with van der Waals surface area (Å²) in [5.74, 6) is 0.572. The van der Waals surface area contributed by atoms with E-state index < -0.39 is 0 Å². The van der Waals surface area contributed by atoms with Gasteiger partial charge in [0.1, 0.15) is 6.07 Å². The lowest BCUT2D eigenvalue weighted by Crippen LogP contribution is -2.19. The van der Waals surface area contributed by atoms with Crippen LogP contribution in [0.25, 0.3) is 0 Å². The lowest BCUT2D eigenvalue weighted by molar-refractivity contribution is 0.863. The first-order valence-corrected chi connectivity index (χ1v) is 5.48. The molecule has 2 N–H and O–H groups in total. The molecular formula is C13H13N5. The van der Waals surface area contributed by atoms with Gasteiger partial charge in [0, 0.05) is 19.3 Å². The van der Waals surface area contributed by atoms with Crippen LogP contribution in [0.2, 0.25) is 0 Å². The molecule has 18 heavy (non-hydrogen) atoms. The molecule has 0 saturated heterocycles. The number of nitrogen functional groups attached to an aromatic ring is 1. The highest BCUT2D eigenvalue weighted by molar-refractivity contribution is 5.52. The maximum atomic E-state index is 9.01. The highest BCUT2D eigenvalue weighted by Gasteiger charge is 2.09. The molecule has 0 unspecified atom stereocenters. The minimum Gasteiger partial charge on any atom is -0.399 e. The van der Waals surface area contributed by atoms with Gasteiger partial charge in [-0.1, -0.05) is 12.1 Å². The summed E-state index contributed by atoms with van der Waals surface area (Å²) < 4.78 is 0. The molecule has 0 radical (unpaired) electrons. The molecule has 0 aliphatic heterocycles. The van der Waals surface area contributed by atoms with Crippen molar-refractivity contribution in [2.24, 2.45) is 0 Å². The Bertz CT molecular complexity index is 588. The SMILES string of the molecule is CN(Cc1cccc(N)c1)c1nnccc1C#N. The van der Waals surface area contributed by atoms with E-state index in [1.54, 1.807) is 6.07 Å². The summed E-state index contributed by atoms with van der Waals surface area (Å²) in [6.45, 7) is 0.623. The van der Waals surface area contributed by atoms with E-state index in [2.05, 4.69) is 16.3 Å². The van der Waals surface area contributed by atoms with Gasteiger partial charge in [-0.15, -0.1) is 5.10 Å². The average Bonchev–Trinajstić information content (AvgIpc) is 2.38. The van der Waals surface area contributed by atoms with E-state index in [-0.39, 0.29) is 0 Å². The second kappa shape index (κ2) is 5.15. The summed E-state index contributed by atoms with van der Waals surface area (Å²) in [6.07, 6.45) is 1.51. The van der Waals surface area contributed by atoms with Gasteiger partial charge in [-0.3, -0.25) is 0 Å². The molecule has 1 aromatic carbocycles. The third kappa shape index (κ3) is 2.55. The Balaban J connectivity index is 2.22. The molecule has 5 heteroatoms. The Morgan fingerprint density at radius 2 is 2.22 bits per heavy atom. The van der Waals surface area contributed by atoms with E-state index in [0.29, 0.717) is 17.9 Å². The Kier molecular flexibility index (Phi) is 3.39. The molecule has 0 aliphatic rings. The summed E-state index contributed by atoms with van der Waals surface area (Å²) in [5.41, 5.74) is 8.03. The molecule has 0 bridgehead atoms. The molecule has 0 atom stereocenters. The number of rotatable bonds is 3. The highest BCUT2D eigenvalue weighted by atomic mass is 15.2. The van der Waals surface area contributed by atoms with E-state index in [4.69, 9.17) is 11.0 Å². The van der Waals surface area contributed by atoms with Crippen molar-refractivity contribution in [1.82, 2.24) is 10.2 Å². The maximum absolute atomic E-state index is 9.01. The van der Waals surface area contributed by atoms with Crippen molar-refractivity contribution < 1.29 is 0 Å². The first kappa shape index (κ1) is 11.9. The first-order valence-electron chi connectivity index (χ1n) is 5.48. The molecular weight excluding hydrogens is 226 g/mol. The van der Waals surface area contributed by atoms with E-state index in [9.17, 15) is 0 Å². The minimum atomic E-state index is 0.511. The largest absolute Gasteiger partial charge is 0.399 e. The van der Waals surface area contributed by atoms with Crippen LogP contribution in [0, 0.1) is 11.3 Å². The van der Waals surface area contributed by atoms with Gasteiger partial charge in [-0.2, -0.15) is 10.4 Å². The zero-order valence-electron chi connectivity index (χ0n) is 10.0. The van der Waals surface area contributed by atoms with Crippen molar-refractivity contribution >= 4 is 11.5 Å². The maximum Gasteiger partial charge on any atom is 0.169 e. The van der Waals surface area contributed by atoms with Gasteiger partial charge < -0.3 is 10.6 Å². The summed E-state index contributed by atoms with van der Waals surface area (Å²) in [7, 11) is 1.87. The van der Waals surface area contributed by atoms with Crippen molar-refractivity contribution in [2.75, 3.05) is 17.7 Å². The van der Waals surface area contributed by atoms with Crippen molar-refractivity contribution in [2.45, 2.75) is 6.54 Å². The lowest BCUT2D eigenvalue weighted by atomic mass is 10.2. The molecule has 0 fully saturated rings. The van der Waals surface area contributed by atoms with Crippen LogP contribution >= 0.6 is 0 Å². The Morgan fingerprint density at radius 3 is 2.94 bits per heavy atom. The van der Waals surface area contributed by atoms with Crippen molar-refractivity contribution in [3.63, 3.8) is 0 Å². The second-order valence-corrected chi connectivity index (χ2v) is 3.98. The summed E-state index contributed by atoms with van der Waals surface area (Å²) in [4.78, 5) is 1.88. The fourth-order valence-corrected chi connectivity index (χ4v) is 1.73. The van der Waals surface area contributed by atoms with Crippen LogP contribution in [0.3, 0.4) is 0 Å². The molecule has 2 aromatic rings. The predicted octanol–water partition coefficient (Wildman–Crippen LogP) is 1.57. The van der Waals surface area contributed by atoms with Crippen LogP contribution < -0.4 is 10.6 Å². The van der Waals surface area contributed by atoms with Gasteiger partial charge >= 0.3 is 0 Å². The van der Waals surface area contributed by atoms with Crippen molar-refractivity contribution in [3.8, 4) is 6.07 Å². The van der Waals surface area contributed by atoms with Crippen LogP contribution in [0.1, 0.15) is 11.1 Å². The van der Waals surface area contributed by atoms with Gasteiger partial charge in [0.05, 0.1) is 11.8 Å². The number of nitrogens with zero attached hydrogens (tertiary/aromatic N) is 4. The number of anilines is 2. The van der Waals surface area contributed by atoms with Gasteiger partial charge in [0.25, 0.3) is 0 Å². The topological polar surface area (TPSA) is 78.8 Å². The monoisotopic (exact) mass is 239 g/mol. The molecule has 90 valence electrons. The normalized spacial score (nSPS) is 9.78. The summed E-state index contributed by atoms with van der Waals surface area (Å²) >= 11 is 0. The number of benzene rings is 1. The molecule has 0 spiro atoms. The Hall–Kier alpha value is -2.61. The van der Waals surface area contributed by atoms with E-state index in [0.717, 1.165) is 11.3 Å². The first-order chi connectivity index (χ1) is 8.70. The fraction of sp³-hybridized carbons (Fsp3) is 0.154. The van der Waals surface area contributed by atoms with Gasteiger partial charge in [0.2, 0.25) is 0 Å². The molecule has 5 nitrogen and oxygen atoms in total. The number of hydrogen-bond acceptors (Lipinski definition) is 5. The number of nitrogens with two attached hydrogens (primary N) is 1. The van der Waals surface area contributed by atoms with Crippen LogP contribution in [-0.2, 0) is 6.54 Å². The minimum absolute atomic E-state index is 0.511. The molecule has 2 rings (SSSR count). The molecule has 0 saturated carbocycles. The Morgan fingerprint density at radius 1 is 1.39 bits per heavy atom. The summed E-state index contributed by atoms with van der Waals surface area (Å²) in [5, 5.41) is 16.8. The van der Waals surface area contributed by atoms with Crippen LogP contribution in [0.5, 0.6) is 0 Å². The zero-order chi connectivity index (χ0) is 13.0. The number of aromatic nitrogens is 2. The average molecular weight is 239 g/mol. The quantitative estimate of drug-likeness (QED) is 0.822. The molecule has 1 heterocycles. The van der Waals surface area contributed by atoms with Gasteiger partial charge in [-0.25, -0.2) is 0 Å². The standard InChI is InChI=1S/C13H13N5/c1-18(9-10-3-2-4-12(15)7-10)13-11(8-14)5-6-16-17-13/h2-7H,9,15H2,1H3. The lowest BCUT2D eigenvalue weighted by Gasteiger charge is -2.18. The van der Waals surface area contributed by atoms with Crippen molar-refractivity contribution in [1.29, 1.82) is 5.26 Å². The predicted molar refractivity (Wildman–Crippen MR) is 69.7 cm³/mol. The van der Waals surface area contributed by atoms with E-state index in [1.165, 1.54) is 6.20 Å². The summed E-state index contributed by atoms with van der Waals surface area (Å²) in [6, 6.07) is 11.4. The van der Waals surface area contributed by atoms with Crippen LogP contribution in [0.15, 0.2) is 36.5 Å². The molecule has 0 aliphatic carbocycles. The third-order valence-electron chi connectivity index (χ3n) is 2.55. The highest BCUT2D eigenvalue weighted by Crippen LogP contribution is 2.17. The second-order valence-electron chi connectivity index (χ2n) is 3.98. The smallest absolute Gasteiger partial charge is 0.169 e. The third-order valence-corrected chi connectivity index (χ3v) is 2.55. The van der Waals surface area contributed by atoms with E-state index in [1.807, 2.05) is 36.2 Å². The van der Waals surface area contributed by atoms with Crippen molar-refractivity contribution in [3.05, 3.63) is 47.7 Å². The number of hydrogen-bond donors (Lipinski definition) is 1. The molecule has 0 amide bonds. The Labute approximate surface area is 105 Å². The molecule has 1 aromatic heterocycles. The van der Waals surface area contributed by atoms with Gasteiger partial charge in [-0.05, 0) is 23.8 Å². The number of nitriles is 1. The van der Waals surface area contributed by atoms with E-state index >= 15 is 0 Å². The van der Waals surface area contributed by atoms with Gasteiger partial charge in [0.15, 0.2) is 5.82 Å². The van der Waals surface area contributed by atoms with Crippen LogP contribution in [-0.4, -0.2) is 17.2 Å². The van der Waals surface area contributed by atoms with Crippen LogP contribution in [0.4, 0.5) is 11.5 Å². The fourth-order valence-electron chi connectivity index (χ4n) is 1.73.